The van der Waals surface area contributed by atoms with Crippen LogP contribution in [0.5, 0.6) is 0 Å². The van der Waals surface area contributed by atoms with Crippen LogP contribution in [0.25, 0.3) is 154 Å². The second-order valence-corrected chi connectivity index (χ2v) is 20.0. The minimum atomic E-state index is 0.828. The molecular formula is C72H44N2O2. The van der Waals surface area contributed by atoms with E-state index in [0.29, 0.717) is 0 Å². The van der Waals surface area contributed by atoms with E-state index < -0.39 is 0 Å². The molecule has 0 saturated carbocycles. The number of hydrogen-bond donors (Lipinski definition) is 0. The summed E-state index contributed by atoms with van der Waals surface area (Å²) in [6, 6.07) is 96.4. The second-order valence-electron chi connectivity index (χ2n) is 20.0. The summed E-state index contributed by atoms with van der Waals surface area (Å²) in [5.74, 6) is 0. The monoisotopic (exact) mass is 968 g/mol. The van der Waals surface area contributed by atoms with Crippen molar-refractivity contribution >= 4 is 87.5 Å². The molecule has 0 aliphatic carbocycles. The highest BCUT2D eigenvalue weighted by molar-refractivity contribution is 6.18. The van der Waals surface area contributed by atoms with Gasteiger partial charge in [0.25, 0.3) is 0 Å². The van der Waals surface area contributed by atoms with Crippen LogP contribution in [0.4, 0.5) is 0 Å². The Bertz CT molecular complexity index is 4910. The van der Waals surface area contributed by atoms with Crippen molar-refractivity contribution in [1.29, 1.82) is 0 Å². The van der Waals surface area contributed by atoms with Crippen LogP contribution in [0.3, 0.4) is 0 Å². The molecule has 0 unspecified atom stereocenters. The molecule has 4 heterocycles. The van der Waals surface area contributed by atoms with Gasteiger partial charge in [-0.3, -0.25) is 0 Å². The second kappa shape index (κ2) is 16.7. The zero-order valence-electron chi connectivity index (χ0n) is 41.1. The van der Waals surface area contributed by atoms with Crippen molar-refractivity contribution in [2.24, 2.45) is 0 Å². The summed E-state index contributed by atoms with van der Waals surface area (Å²) in [7, 11) is 0. The van der Waals surface area contributed by atoms with Crippen LogP contribution in [0.15, 0.2) is 276 Å². The molecule has 0 N–H and O–H groups in total. The molecule has 0 spiro atoms. The molecule has 4 heteroatoms. The highest BCUT2D eigenvalue weighted by Gasteiger charge is 2.22. The van der Waals surface area contributed by atoms with Gasteiger partial charge in [0.05, 0.1) is 22.1 Å². The summed E-state index contributed by atoms with van der Waals surface area (Å²) >= 11 is 0. The third kappa shape index (κ3) is 6.51. The Hall–Kier alpha value is -10.2. The lowest BCUT2D eigenvalue weighted by molar-refractivity contribution is 0.665. The topological polar surface area (TPSA) is 36.1 Å². The van der Waals surface area contributed by atoms with Crippen LogP contribution < -0.4 is 0 Å². The van der Waals surface area contributed by atoms with Gasteiger partial charge in [0.1, 0.15) is 22.3 Å². The van der Waals surface area contributed by atoms with Crippen molar-refractivity contribution in [3.8, 4) is 67.0 Å². The van der Waals surface area contributed by atoms with Gasteiger partial charge in [-0.05, 0) is 118 Å². The van der Waals surface area contributed by atoms with E-state index >= 15 is 0 Å². The zero-order chi connectivity index (χ0) is 49.8. The van der Waals surface area contributed by atoms with E-state index in [1.807, 2.05) is 12.1 Å². The lowest BCUT2D eigenvalue weighted by atomic mass is 9.92. The summed E-state index contributed by atoms with van der Waals surface area (Å²) in [6.45, 7) is 0. The van der Waals surface area contributed by atoms with E-state index in [1.165, 1.54) is 43.6 Å². The number of furan rings is 2. The van der Waals surface area contributed by atoms with Gasteiger partial charge < -0.3 is 18.0 Å². The van der Waals surface area contributed by atoms with E-state index in [4.69, 9.17) is 8.83 Å². The van der Waals surface area contributed by atoms with Gasteiger partial charge in [-0.15, -0.1) is 0 Å². The Morgan fingerprint density at radius 3 is 1.12 bits per heavy atom. The number of nitrogens with zero attached hydrogens (tertiary/aromatic N) is 2. The maximum atomic E-state index is 7.29. The molecule has 4 aromatic heterocycles. The van der Waals surface area contributed by atoms with Gasteiger partial charge >= 0.3 is 0 Å². The van der Waals surface area contributed by atoms with Crippen LogP contribution >= 0.6 is 0 Å². The summed E-state index contributed by atoms with van der Waals surface area (Å²) < 4.78 is 18.7. The van der Waals surface area contributed by atoms with E-state index in [9.17, 15) is 0 Å². The third-order valence-corrected chi connectivity index (χ3v) is 15.7. The molecular weight excluding hydrogens is 925 g/mol. The summed E-state index contributed by atoms with van der Waals surface area (Å²) in [5, 5.41) is 9.29. The number of para-hydroxylation sites is 7. The molecule has 16 aromatic rings. The molecule has 16 rings (SSSR count). The van der Waals surface area contributed by atoms with E-state index in [2.05, 4.69) is 264 Å². The number of benzene rings is 12. The Labute approximate surface area is 437 Å². The Morgan fingerprint density at radius 1 is 0.211 bits per heavy atom. The quantitative estimate of drug-likeness (QED) is 0.160. The molecule has 0 atom stereocenters. The third-order valence-electron chi connectivity index (χ3n) is 15.7. The number of rotatable bonds is 7. The predicted octanol–water partition coefficient (Wildman–Crippen LogP) is 20.0. The first-order valence-electron chi connectivity index (χ1n) is 26.0. The highest BCUT2D eigenvalue weighted by Crippen LogP contribution is 2.46. The van der Waals surface area contributed by atoms with Gasteiger partial charge in [-0.1, -0.05) is 188 Å². The molecule has 0 amide bonds. The summed E-state index contributed by atoms with van der Waals surface area (Å²) in [5.41, 5.74) is 21.3. The molecule has 0 saturated heterocycles. The molecule has 76 heavy (non-hydrogen) atoms. The zero-order valence-corrected chi connectivity index (χ0v) is 41.1. The maximum Gasteiger partial charge on any atom is 0.143 e. The minimum absolute atomic E-state index is 0.828. The fraction of sp³-hybridized carbons (Fsp3) is 0. The Kier molecular flexibility index (Phi) is 9.30. The molecule has 12 aromatic carbocycles. The standard InChI is InChI=1S/C72H44N2O2/c1-6-34-65-54(25-1)55-26-2-7-35-66(55)73(65)52-23-13-20-48(41-52)45-17-11-19-47(39-45)51-43-63(72-64(44-51)62-33-16-32-61(71(62)76-72)60-31-15-30-59-58-29-5-10-38-69(58)75-70(59)60)50-22-12-18-46(40-50)49-21-14-24-53(42-49)74-67-36-8-3-27-56(67)57-28-4-9-37-68(57)74/h1-44H. The predicted molar refractivity (Wildman–Crippen MR) is 317 cm³/mol. The number of hydrogen-bond acceptors (Lipinski definition) is 2. The van der Waals surface area contributed by atoms with Crippen molar-refractivity contribution in [2.45, 2.75) is 0 Å². The first kappa shape index (κ1) is 42.4. The Balaban J connectivity index is 0.871. The maximum absolute atomic E-state index is 7.29. The average Bonchev–Trinajstić information content (AvgIpc) is 4.28. The van der Waals surface area contributed by atoms with Crippen LogP contribution in [-0.2, 0) is 0 Å². The van der Waals surface area contributed by atoms with Crippen molar-refractivity contribution in [3.63, 3.8) is 0 Å². The van der Waals surface area contributed by atoms with Crippen LogP contribution in [-0.4, -0.2) is 9.13 Å². The van der Waals surface area contributed by atoms with Crippen LogP contribution in [0.2, 0.25) is 0 Å². The lowest BCUT2D eigenvalue weighted by Crippen LogP contribution is -1.94. The van der Waals surface area contributed by atoms with Crippen LogP contribution in [0, 0.1) is 0 Å². The van der Waals surface area contributed by atoms with E-state index in [0.717, 1.165) is 111 Å². The summed E-state index contributed by atoms with van der Waals surface area (Å²) in [6.07, 6.45) is 0. The first-order chi connectivity index (χ1) is 37.7. The van der Waals surface area contributed by atoms with Crippen LogP contribution in [0.1, 0.15) is 0 Å². The fourth-order valence-corrected chi connectivity index (χ4v) is 12.2. The lowest BCUT2D eigenvalue weighted by Gasteiger charge is -2.13. The van der Waals surface area contributed by atoms with Gasteiger partial charge in [-0.25, -0.2) is 0 Å². The summed E-state index contributed by atoms with van der Waals surface area (Å²) in [4.78, 5) is 0. The number of aromatic nitrogens is 2. The number of fused-ring (bicyclic) bond motifs is 12. The van der Waals surface area contributed by atoms with Gasteiger partial charge in [-0.2, -0.15) is 0 Å². The van der Waals surface area contributed by atoms with E-state index in [1.54, 1.807) is 0 Å². The van der Waals surface area contributed by atoms with Crippen molar-refractivity contribution in [3.05, 3.63) is 267 Å². The van der Waals surface area contributed by atoms with Crippen molar-refractivity contribution in [2.75, 3.05) is 0 Å². The average molecular weight is 969 g/mol. The smallest absolute Gasteiger partial charge is 0.143 e. The Morgan fingerprint density at radius 2 is 0.579 bits per heavy atom. The van der Waals surface area contributed by atoms with Gasteiger partial charge in [0.15, 0.2) is 0 Å². The normalized spacial score (nSPS) is 11.9. The largest absolute Gasteiger partial charge is 0.455 e. The molecule has 354 valence electrons. The highest BCUT2D eigenvalue weighted by atomic mass is 16.3. The molecule has 0 aliphatic rings. The molecule has 0 aliphatic heterocycles. The molecule has 0 radical (unpaired) electrons. The van der Waals surface area contributed by atoms with E-state index in [-0.39, 0.29) is 0 Å². The van der Waals surface area contributed by atoms with Crippen molar-refractivity contribution in [1.82, 2.24) is 9.13 Å². The first-order valence-corrected chi connectivity index (χ1v) is 26.0. The fourth-order valence-electron chi connectivity index (χ4n) is 12.2. The SMILES string of the molecule is c1cc(-c2cccc(-n3c4ccccc4c4ccccc43)c2)cc(-c2cc(-c3cccc(-c4cccc(-n5c6ccccc6c6ccccc65)c4)c3)c3oc4c(-c5cccc6c5oc5ccccc56)cccc4c3c2)c1. The van der Waals surface area contributed by atoms with Gasteiger partial charge in [0, 0.05) is 71.2 Å². The molecule has 0 fully saturated rings. The minimum Gasteiger partial charge on any atom is -0.455 e. The van der Waals surface area contributed by atoms with Gasteiger partial charge in [0.2, 0.25) is 0 Å². The molecule has 4 nitrogen and oxygen atoms in total. The van der Waals surface area contributed by atoms with Crippen molar-refractivity contribution < 1.29 is 8.83 Å². The molecule has 0 bridgehead atoms.